The highest BCUT2D eigenvalue weighted by Crippen LogP contribution is 2.03. The highest BCUT2D eigenvalue weighted by Gasteiger charge is 1.91. The summed E-state index contributed by atoms with van der Waals surface area (Å²) in [6, 6.07) is 0. The molecule has 13 heavy (non-hydrogen) atoms. The predicted octanol–water partition coefficient (Wildman–Crippen LogP) is 3.44. The van der Waals surface area contributed by atoms with E-state index in [-0.39, 0.29) is 0 Å². The van der Waals surface area contributed by atoms with Crippen LogP contribution in [0.25, 0.3) is 0 Å². The second-order valence-corrected chi connectivity index (χ2v) is 3.16. The van der Waals surface area contributed by atoms with Gasteiger partial charge in [-0.25, -0.2) is 5.53 Å². The number of nitrogens with one attached hydrogen (secondary N) is 2. The minimum Gasteiger partial charge on any atom is -0.389 e. The fourth-order valence-corrected chi connectivity index (χ4v) is 1.08. The topological polar surface area (TPSA) is 48.2 Å². The highest BCUT2D eigenvalue weighted by molar-refractivity contribution is 4.96. The van der Waals surface area contributed by atoms with E-state index in [4.69, 9.17) is 5.53 Å². The van der Waals surface area contributed by atoms with Crippen molar-refractivity contribution in [2.24, 2.45) is 5.11 Å². The van der Waals surface area contributed by atoms with Crippen LogP contribution in [0.5, 0.6) is 0 Å². The fraction of sp³-hybridized carbons (Fsp3) is 0.800. The van der Waals surface area contributed by atoms with Crippen LogP contribution in [0.3, 0.4) is 0 Å². The minimum atomic E-state index is 0.846. The molecule has 0 aromatic heterocycles. The zero-order chi connectivity index (χ0) is 9.94. The molecule has 0 bridgehead atoms. The molecule has 76 valence electrons. The molecule has 0 aliphatic carbocycles. The Balaban J connectivity index is 3.48. The van der Waals surface area contributed by atoms with Gasteiger partial charge in [0.15, 0.2) is 0 Å². The third-order valence-electron chi connectivity index (χ3n) is 1.84. The Kier molecular flexibility index (Phi) is 8.62. The maximum Gasteiger partial charge on any atom is 0.0779 e. The number of nitrogens with zero attached hydrogens (tertiary/aromatic N) is 1. The van der Waals surface area contributed by atoms with Gasteiger partial charge >= 0.3 is 0 Å². The Morgan fingerprint density at radius 3 is 2.62 bits per heavy atom. The van der Waals surface area contributed by atoms with Crippen molar-refractivity contribution in [3.63, 3.8) is 0 Å². The third kappa shape index (κ3) is 7.50. The van der Waals surface area contributed by atoms with Crippen LogP contribution in [-0.2, 0) is 0 Å². The lowest BCUT2D eigenvalue weighted by Crippen LogP contribution is -2.07. The first-order chi connectivity index (χ1) is 6.35. The Hall–Kier alpha value is -0.860. The lowest BCUT2D eigenvalue weighted by molar-refractivity contribution is 0.677. The van der Waals surface area contributed by atoms with Gasteiger partial charge in [-0.15, -0.1) is 0 Å². The normalized spacial score (nSPS) is 11.4. The molecule has 0 unspecified atom stereocenters. The van der Waals surface area contributed by atoms with Crippen LogP contribution in [0.15, 0.2) is 17.0 Å². The molecule has 0 saturated carbocycles. The predicted molar refractivity (Wildman–Crippen MR) is 55.7 cm³/mol. The number of allylic oxidation sites excluding steroid dienone is 1. The summed E-state index contributed by atoms with van der Waals surface area (Å²) in [4.78, 5) is 0. The molecule has 0 radical (unpaired) electrons. The summed E-state index contributed by atoms with van der Waals surface area (Å²) in [5, 5.41) is 6.62. The van der Waals surface area contributed by atoms with Gasteiger partial charge in [-0.3, -0.25) is 0 Å². The molecule has 0 spiro atoms. The summed E-state index contributed by atoms with van der Waals surface area (Å²) in [6.07, 6.45) is 7.52. The summed E-state index contributed by atoms with van der Waals surface area (Å²) >= 11 is 0. The summed E-state index contributed by atoms with van der Waals surface area (Å²) in [5.74, 6) is 0. The zero-order valence-corrected chi connectivity index (χ0v) is 8.77. The lowest BCUT2D eigenvalue weighted by atomic mass is 10.2. The Bertz CT molecular complexity index is 152. The number of rotatable bonds is 8. The van der Waals surface area contributed by atoms with Crippen LogP contribution < -0.4 is 5.32 Å². The van der Waals surface area contributed by atoms with E-state index >= 15 is 0 Å². The molecule has 0 amide bonds. The van der Waals surface area contributed by atoms with Gasteiger partial charge in [0.2, 0.25) is 0 Å². The summed E-state index contributed by atoms with van der Waals surface area (Å²) in [6.45, 7) is 5.28. The van der Waals surface area contributed by atoms with E-state index in [9.17, 15) is 0 Å². The average molecular weight is 183 g/mol. The van der Waals surface area contributed by atoms with Crippen LogP contribution >= 0.6 is 0 Å². The van der Waals surface area contributed by atoms with Crippen LogP contribution in [0.1, 0.15) is 46.0 Å². The van der Waals surface area contributed by atoms with Gasteiger partial charge in [0.05, 0.1) is 5.70 Å². The van der Waals surface area contributed by atoms with Crippen molar-refractivity contribution in [3.8, 4) is 0 Å². The Morgan fingerprint density at radius 1 is 1.31 bits per heavy atom. The molecule has 0 rings (SSSR count). The largest absolute Gasteiger partial charge is 0.389 e. The van der Waals surface area contributed by atoms with Gasteiger partial charge < -0.3 is 5.32 Å². The van der Waals surface area contributed by atoms with E-state index in [2.05, 4.69) is 24.3 Å². The van der Waals surface area contributed by atoms with Gasteiger partial charge in [-0.1, -0.05) is 33.1 Å². The van der Waals surface area contributed by atoms with Crippen molar-refractivity contribution in [2.45, 2.75) is 46.0 Å². The second-order valence-electron chi connectivity index (χ2n) is 3.16. The van der Waals surface area contributed by atoms with Crippen molar-refractivity contribution < 1.29 is 0 Å². The van der Waals surface area contributed by atoms with Crippen molar-refractivity contribution >= 4 is 0 Å². The number of hydrogen-bond donors (Lipinski definition) is 2. The lowest BCUT2D eigenvalue weighted by Gasteiger charge is -2.01. The standard InChI is InChI=1S/C10H21N3/c1-3-5-6-8-12-9-10(13-11)7-4-2/h9,11-12H,3-8H2,1-2H3/b10-9-,13-11?. The van der Waals surface area contributed by atoms with E-state index < -0.39 is 0 Å². The molecule has 0 aliphatic rings. The fourth-order valence-electron chi connectivity index (χ4n) is 1.08. The minimum absolute atomic E-state index is 0.846. The third-order valence-corrected chi connectivity index (χ3v) is 1.84. The molecule has 0 fully saturated rings. The molecule has 0 saturated heterocycles. The van der Waals surface area contributed by atoms with Crippen LogP contribution in [0.4, 0.5) is 0 Å². The highest BCUT2D eigenvalue weighted by atomic mass is 15.0. The first kappa shape index (κ1) is 12.1. The first-order valence-electron chi connectivity index (χ1n) is 5.15. The van der Waals surface area contributed by atoms with Gasteiger partial charge in [0, 0.05) is 12.7 Å². The number of unbranched alkanes of at least 4 members (excludes halogenated alkanes) is 2. The maximum absolute atomic E-state index is 6.90. The van der Waals surface area contributed by atoms with E-state index in [0.29, 0.717) is 0 Å². The van der Waals surface area contributed by atoms with Gasteiger partial charge in [0.1, 0.15) is 0 Å². The van der Waals surface area contributed by atoms with E-state index in [1.165, 1.54) is 19.3 Å². The van der Waals surface area contributed by atoms with Crippen molar-refractivity contribution in [1.29, 1.82) is 5.53 Å². The smallest absolute Gasteiger partial charge is 0.0779 e. The molecule has 0 atom stereocenters. The SMILES string of the molecule is CCCCCN/C=C(/CCC)N=N. The Labute approximate surface area is 81.1 Å². The second kappa shape index (κ2) is 9.23. The van der Waals surface area contributed by atoms with E-state index in [0.717, 1.165) is 25.1 Å². The quantitative estimate of drug-likeness (QED) is 0.439. The van der Waals surface area contributed by atoms with Crippen molar-refractivity contribution in [2.75, 3.05) is 6.54 Å². The molecule has 3 nitrogen and oxygen atoms in total. The molecule has 0 aromatic carbocycles. The van der Waals surface area contributed by atoms with Crippen molar-refractivity contribution in [1.82, 2.24) is 5.32 Å². The molecule has 2 N–H and O–H groups in total. The summed E-state index contributed by atoms with van der Waals surface area (Å²) in [5.41, 5.74) is 7.74. The first-order valence-corrected chi connectivity index (χ1v) is 5.15. The maximum atomic E-state index is 6.90. The van der Waals surface area contributed by atoms with Crippen LogP contribution in [0, 0.1) is 5.53 Å². The molecular formula is C10H21N3. The number of hydrogen-bond acceptors (Lipinski definition) is 3. The summed E-state index contributed by atoms with van der Waals surface area (Å²) in [7, 11) is 0. The van der Waals surface area contributed by atoms with E-state index in [1.807, 2.05) is 6.20 Å². The van der Waals surface area contributed by atoms with Gasteiger partial charge in [0.25, 0.3) is 0 Å². The van der Waals surface area contributed by atoms with E-state index in [1.54, 1.807) is 0 Å². The summed E-state index contributed by atoms with van der Waals surface area (Å²) < 4.78 is 0. The van der Waals surface area contributed by atoms with Crippen LogP contribution in [0.2, 0.25) is 0 Å². The molecule has 0 aromatic rings. The molecule has 3 heteroatoms. The zero-order valence-electron chi connectivity index (χ0n) is 8.77. The average Bonchev–Trinajstić information content (AvgIpc) is 2.16. The van der Waals surface area contributed by atoms with Gasteiger partial charge in [-0.2, -0.15) is 5.11 Å². The Morgan fingerprint density at radius 2 is 2.08 bits per heavy atom. The molecular weight excluding hydrogens is 162 g/mol. The van der Waals surface area contributed by atoms with Crippen molar-refractivity contribution in [3.05, 3.63) is 11.9 Å². The molecule has 0 aliphatic heterocycles. The monoisotopic (exact) mass is 183 g/mol. The molecule has 0 heterocycles. The van der Waals surface area contributed by atoms with Crippen LogP contribution in [-0.4, -0.2) is 6.54 Å². The van der Waals surface area contributed by atoms with Gasteiger partial charge in [-0.05, 0) is 12.8 Å².